The normalized spacial score (nSPS) is 11.2. The Balaban J connectivity index is 2.21. The summed E-state index contributed by atoms with van der Waals surface area (Å²) < 4.78 is 11.1. The van der Waals surface area contributed by atoms with Gasteiger partial charge in [0.15, 0.2) is 0 Å². The number of carbonyl (C=O) groups is 2. The molecule has 0 radical (unpaired) electrons. The molecule has 0 aliphatic rings. The van der Waals surface area contributed by atoms with Gasteiger partial charge in [0.05, 0.1) is 13.2 Å². The molecule has 0 atom stereocenters. The lowest BCUT2D eigenvalue weighted by Gasteiger charge is -2.19. The van der Waals surface area contributed by atoms with Crippen molar-refractivity contribution in [2.45, 2.75) is 66.2 Å². The number of benzene rings is 2. The Hall–Kier alpha value is -3.28. The van der Waals surface area contributed by atoms with E-state index in [1.165, 1.54) is 19.3 Å². The van der Waals surface area contributed by atoms with E-state index in [2.05, 4.69) is 12.2 Å². The summed E-state index contributed by atoms with van der Waals surface area (Å²) in [7, 11) is 1.78. The number of nitrogens with zero attached hydrogens (tertiary/aromatic N) is 1. The third-order valence-corrected chi connectivity index (χ3v) is 5.97. The first-order chi connectivity index (χ1) is 17.4. The fraction of sp³-hybridized carbons (Fsp3) is 0.467. The second-order valence-corrected chi connectivity index (χ2v) is 8.69. The first-order valence-corrected chi connectivity index (χ1v) is 13.2. The van der Waals surface area contributed by atoms with E-state index in [0.717, 1.165) is 41.0 Å². The summed E-state index contributed by atoms with van der Waals surface area (Å²) in [5.74, 6) is 0.430. The average Bonchev–Trinajstić information content (AvgIpc) is 2.89. The van der Waals surface area contributed by atoms with Crippen LogP contribution >= 0.6 is 0 Å². The number of hydrogen-bond acceptors (Lipinski definition) is 4. The molecule has 2 aromatic carbocycles. The van der Waals surface area contributed by atoms with Crippen LogP contribution in [0.2, 0.25) is 0 Å². The summed E-state index contributed by atoms with van der Waals surface area (Å²) in [5.41, 5.74) is 4.17. The van der Waals surface area contributed by atoms with Gasteiger partial charge in [0, 0.05) is 30.4 Å². The van der Waals surface area contributed by atoms with Gasteiger partial charge in [0.1, 0.15) is 5.75 Å². The minimum Gasteiger partial charge on any atom is -0.493 e. The fourth-order valence-corrected chi connectivity index (χ4v) is 3.91. The van der Waals surface area contributed by atoms with Gasteiger partial charge in [0.25, 0.3) is 0 Å². The van der Waals surface area contributed by atoms with Crippen molar-refractivity contribution >= 4 is 23.8 Å². The van der Waals surface area contributed by atoms with Crippen LogP contribution in [-0.2, 0) is 9.53 Å². The van der Waals surface area contributed by atoms with E-state index in [0.29, 0.717) is 31.8 Å². The maximum absolute atomic E-state index is 12.7. The van der Waals surface area contributed by atoms with Crippen molar-refractivity contribution in [3.63, 3.8) is 0 Å². The first kappa shape index (κ1) is 29.0. The maximum atomic E-state index is 12.7. The average molecular weight is 495 g/mol. The monoisotopic (exact) mass is 494 g/mol. The zero-order valence-electron chi connectivity index (χ0n) is 22.6. The number of urea groups is 1. The van der Waals surface area contributed by atoms with E-state index in [4.69, 9.17) is 9.47 Å². The lowest BCUT2D eigenvalue weighted by molar-refractivity contribution is -0.138. The molecule has 6 heteroatoms. The Bertz CT molecular complexity index is 1020. The number of ether oxygens (including phenoxy) is 2. The van der Waals surface area contributed by atoms with Gasteiger partial charge in [-0.25, -0.2) is 9.59 Å². The predicted molar refractivity (Wildman–Crippen MR) is 149 cm³/mol. The third kappa shape index (κ3) is 8.74. The number of anilines is 1. The molecule has 0 aliphatic heterocycles. The third-order valence-electron chi connectivity index (χ3n) is 5.97. The quantitative estimate of drug-likeness (QED) is 0.171. The number of nitrogens with one attached hydrogen (secondary N) is 1. The number of amides is 2. The molecule has 1 N–H and O–H groups in total. The van der Waals surface area contributed by atoms with Crippen LogP contribution in [0.25, 0.3) is 17.2 Å². The minimum atomic E-state index is -0.294. The Kier molecular flexibility index (Phi) is 12.6. The predicted octanol–water partition coefficient (Wildman–Crippen LogP) is 7.23. The summed E-state index contributed by atoms with van der Waals surface area (Å²) in [6.07, 6.45) is 8.23. The SMILES string of the molecule is CCCCCCCNC(=O)N(C)c1cccc(-c2ccc(C=C(CC)C(=O)OCC)cc2OCC)c1. The molecular formula is C30H42N2O4. The van der Waals surface area contributed by atoms with Crippen molar-refractivity contribution in [2.24, 2.45) is 0 Å². The van der Waals surface area contributed by atoms with Gasteiger partial charge >= 0.3 is 12.0 Å². The van der Waals surface area contributed by atoms with Crippen LogP contribution in [0, 0.1) is 0 Å². The topological polar surface area (TPSA) is 67.9 Å². The van der Waals surface area contributed by atoms with Gasteiger partial charge in [-0.2, -0.15) is 0 Å². The van der Waals surface area contributed by atoms with Crippen LogP contribution in [0.5, 0.6) is 5.75 Å². The number of rotatable bonds is 14. The van der Waals surface area contributed by atoms with Gasteiger partial charge in [-0.3, -0.25) is 4.90 Å². The molecule has 196 valence electrons. The Morgan fingerprint density at radius 3 is 2.42 bits per heavy atom. The fourth-order valence-electron chi connectivity index (χ4n) is 3.91. The molecule has 0 spiro atoms. The minimum absolute atomic E-state index is 0.112. The van der Waals surface area contributed by atoms with E-state index < -0.39 is 0 Å². The van der Waals surface area contributed by atoms with Crippen LogP contribution in [0.15, 0.2) is 48.0 Å². The summed E-state index contributed by atoms with van der Waals surface area (Å²) in [6.45, 7) is 9.42. The molecular weight excluding hydrogens is 452 g/mol. The highest BCUT2D eigenvalue weighted by atomic mass is 16.5. The van der Waals surface area contributed by atoms with E-state index in [1.54, 1.807) is 18.9 Å². The van der Waals surface area contributed by atoms with Gasteiger partial charge in [0.2, 0.25) is 0 Å². The van der Waals surface area contributed by atoms with Crippen LogP contribution in [0.4, 0.5) is 10.5 Å². The van der Waals surface area contributed by atoms with E-state index in [-0.39, 0.29) is 12.0 Å². The van der Waals surface area contributed by atoms with Crippen molar-refractivity contribution < 1.29 is 19.1 Å². The van der Waals surface area contributed by atoms with Gasteiger partial charge in [-0.1, -0.05) is 63.8 Å². The molecule has 0 saturated carbocycles. The van der Waals surface area contributed by atoms with Crippen molar-refractivity contribution in [3.8, 4) is 16.9 Å². The number of unbranched alkanes of at least 4 members (excludes halogenated alkanes) is 4. The zero-order chi connectivity index (χ0) is 26.3. The van der Waals surface area contributed by atoms with Crippen LogP contribution < -0.4 is 15.0 Å². The highest BCUT2D eigenvalue weighted by Gasteiger charge is 2.14. The molecule has 0 fully saturated rings. The number of esters is 1. The van der Waals surface area contributed by atoms with Gasteiger partial charge in [-0.05, 0) is 62.1 Å². The van der Waals surface area contributed by atoms with E-state index in [1.807, 2.05) is 62.4 Å². The Morgan fingerprint density at radius 1 is 0.944 bits per heavy atom. The smallest absolute Gasteiger partial charge is 0.333 e. The molecule has 2 aromatic rings. The number of hydrogen-bond donors (Lipinski definition) is 1. The second-order valence-electron chi connectivity index (χ2n) is 8.69. The lowest BCUT2D eigenvalue weighted by atomic mass is 10.0. The van der Waals surface area contributed by atoms with E-state index in [9.17, 15) is 9.59 Å². The second kappa shape index (κ2) is 15.7. The molecule has 0 aliphatic carbocycles. The standard InChI is InChI=1S/C30H42N2O4/c1-6-10-11-12-13-19-31-30(34)32(5)26-16-14-15-25(22-26)27-18-17-23(21-28(27)35-8-3)20-24(7-2)29(33)36-9-4/h14-18,20-22H,6-13,19H2,1-5H3,(H,31,34). The van der Waals surface area contributed by atoms with Crippen LogP contribution in [0.3, 0.4) is 0 Å². The van der Waals surface area contributed by atoms with Crippen LogP contribution in [0.1, 0.15) is 71.8 Å². The number of carbonyl (C=O) groups excluding carboxylic acids is 2. The van der Waals surface area contributed by atoms with Crippen molar-refractivity contribution in [1.29, 1.82) is 0 Å². The summed E-state index contributed by atoms with van der Waals surface area (Å²) in [5, 5.41) is 3.02. The van der Waals surface area contributed by atoms with Gasteiger partial charge < -0.3 is 14.8 Å². The van der Waals surface area contributed by atoms with Crippen molar-refractivity contribution in [3.05, 3.63) is 53.6 Å². The lowest BCUT2D eigenvalue weighted by Crippen LogP contribution is -2.37. The Labute approximate surface area is 216 Å². The molecule has 2 amide bonds. The summed E-state index contributed by atoms with van der Waals surface area (Å²) >= 11 is 0. The van der Waals surface area contributed by atoms with Crippen molar-refractivity contribution in [1.82, 2.24) is 5.32 Å². The summed E-state index contributed by atoms with van der Waals surface area (Å²) in [6, 6.07) is 13.7. The molecule has 0 saturated heterocycles. The Morgan fingerprint density at radius 2 is 1.72 bits per heavy atom. The highest BCUT2D eigenvalue weighted by Crippen LogP contribution is 2.34. The first-order valence-electron chi connectivity index (χ1n) is 13.2. The highest BCUT2D eigenvalue weighted by molar-refractivity contribution is 5.94. The molecule has 0 bridgehead atoms. The largest absolute Gasteiger partial charge is 0.493 e. The molecule has 0 unspecified atom stereocenters. The summed E-state index contributed by atoms with van der Waals surface area (Å²) in [4.78, 5) is 26.5. The molecule has 0 aromatic heterocycles. The molecule has 6 nitrogen and oxygen atoms in total. The molecule has 2 rings (SSSR count). The van der Waals surface area contributed by atoms with Crippen LogP contribution in [-0.4, -0.2) is 38.8 Å². The molecule has 0 heterocycles. The van der Waals surface area contributed by atoms with Crippen molar-refractivity contribution in [2.75, 3.05) is 31.7 Å². The molecule has 36 heavy (non-hydrogen) atoms. The van der Waals surface area contributed by atoms with E-state index >= 15 is 0 Å². The maximum Gasteiger partial charge on any atom is 0.333 e. The zero-order valence-corrected chi connectivity index (χ0v) is 22.6. The van der Waals surface area contributed by atoms with Gasteiger partial charge in [-0.15, -0.1) is 0 Å².